The van der Waals surface area contributed by atoms with E-state index in [1.807, 2.05) is 11.4 Å². The van der Waals surface area contributed by atoms with Crippen LogP contribution in [-0.2, 0) is 14.4 Å². The van der Waals surface area contributed by atoms with Gasteiger partial charge >= 0.3 is 6.03 Å². The van der Waals surface area contributed by atoms with Crippen LogP contribution < -0.4 is 10.7 Å². The van der Waals surface area contributed by atoms with Gasteiger partial charge in [-0.05, 0) is 42.6 Å². The molecule has 1 aromatic rings. The van der Waals surface area contributed by atoms with Gasteiger partial charge in [0.25, 0.3) is 23.0 Å². The summed E-state index contributed by atoms with van der Waals surface area (Å²) in [4.78, 5) is 62.6. The molecule has 1 aromatic heterocycles. The van der Waals surface area contributed by atoms with Crippen molar-refractivity contribution >= 4 is 58.2 Å². The highest BCUT2D eigenvalue weighted by Crippen LogP contribution is 2.32. The third-order valence-corrected chi connectivity index (χ3v) is 5.92. The van der Waals surface area contributed by atoms with Crippen LogP contribution in [0.15, 0.2) is 22.4 Å². The van der Waals surface area contributed by atoms with Crippen molar-refractivity contribution in [1.82, 2.24) is 20.7 Å². The Balaban J connectivity index is 1.66. The summed E-state index contributed by atoms with van der Waals surface area (Å²) >= 11 is 2.15. The Hall–Kier alpha value is -2.66. The van der Waals surface area contributed by atoms with Crippen LogP contribution >= 0.6 is 23.1 Å². The molecule has 3 heterocycles. The Morgan fingerprint density at radius 2 is 2.07 bits per heavy atom. The van der Waals surface area contributed by atoms with Gasteiger partial charge in [-0.2, -0.15) is 5.01 Å². The smallest absolute Gasteiger partial charge is 0.322 e. The van der Waals surface area contributed by atoms with Gasteiger partial charge in [0.1, 0.15) is 12.1 Å². The van der Waals surface area contributed by atoms with Crippen LogP contribution in [0, 0.1) is 0 Å². The Kier molecular flexibility index (Phi) is 5.07. The minimum Gasteiger partial charge on any atom is -0.322 e. The Bertz CT molecular complexity index is 866. The lowest BCUT2D eigenvalue weighted by atomic mass is 10.00. The van der Waals surface area contributed by atoms with E-state index in [2.05, 4.69) is 10.7 Å². The van der Waals surface area contributed by atoms with Crippen LogP contribution in [0.25, 0.3) is 6.08 Å². The average Bonchev–Trinajstić information content (AvgIpc) is 3.28. The van der Waals surface area contributed by atoms with Gasteiger partial charge < -0.3 is 5.32 Å². The van der Waals surface area contributed by atoms with E-state index in [0.29, 0.717) is 11.4 Å². The maximum atomic E-state index is 12.4. The van der Waals surface area contributed by atoms with Gasteiger partial charge in [-0.1, -0.05) is 13.0 Å². The summed E-state index contributed by atoms with van der Waals surface area (Å²) < 4.78 is 0. The molecule has 0 bridgehead atoms. The quantitative estimate of drug-likeness (QED) is 0.564. The highest BCUT2D eigenvalue weighted by Gasteiger charge is 2.48. The van der Waals surface area contributed by atoms with Crippen molar-refractivity contribution in [3.63, 3.8) is 0 Å². The molecule has 11 heteroatoms. The van der Waals surface area contributed by atoms with Crippen LogP contribution in [-0.4, -0.2) is 51.0 Å². The fourth-order valence-electron chi connectivity index (χ4n) is 2.47. The molecular formula is C16H16N4O5S2. The van der Waals surface area contributed by atoms with E-state index >= 15 is 0 Å². The molecule has 3 rings (SSSR count). The zero-order valence-electron chi connectivity index (χ0n) is 14.5. The third kappa shape index (κ3) is 3.60. The number of nitrogens with zero attached hydrogens (tertiary/aromatic N) is 2. The number of thioether (sulfide) groups is 1. The van der Waals surface area contributed by atoms with Crippen molar-refractivity contribution in [2.45, 2.75) is 25.8 Å². The van der Waals surface area contributed by atoms with Gasteiger partial charge in [-0.3, -0.25) is 29.5 Å². The van der Waals surface area contributed by atoms with Gasteiger partial charge in [0.05, 0.1) is 4.91 Å². The first-order chi connectivity index (χ1) is 12.7. The topological polar surface area (TPSA) is 116 Å². The highest BCUT2D eigenvalue weighted by atomic mass is 32.2. The van der Waals surface area contributed by atoms with E-state index in [0.717, 1.165) is 21.5 Å². The fourth-order valence-corrected chi connectivity index (χ4v) is 4.03. The molecule has 1 unspecified atom stereocenters. The summed E-state index contributed by atoms with van der Waals surface area (Å²) in [5, 5.41) is 4.32. The molecular weight excluding hydrogens is 392 g/mol. The van der Waals surface area contributed by atoms with Crippen LogP contribution in [0.3, 0.4) is 0 Å². The molecule has 9 nitrogen and oxygen atoms in total. The summed E-state index contributed by atoms with van der Waals surface area (Å²) in [6.07, 6.45) is 1.93. The van der Waals surface area contributed by atoms with Gasteiger partial charge in [0.2, 0.25) is 0 Å². The monoisotopic (exact) mass is 408 g/mol. The number of carbonyl (C=O) groups is 5. The molecule has 2 saturated heterocycles. The largest absolute Gasteiger partial charge is 0.344 e. The van der Waals surface area contributed by atoms with E-state index in [9.17, 15) is 24.0 Å². The van der Waals surface area contributed by atoms with Crippen LogP contribution in [0.1, 0.15) is 25.1 Å². The fraction of sp³-hybridized carbons (Fsp3) is 0.312. The SMILES string of the molecule is CCC1(C)NC(=O)N(NC(=O)CN2C(=O)SC(=Cc3cccs3)C2=O)C1=O. The zero-order valence-corrected chi connectivity index (χ0v) is 16.1. The Morgan fingerprint density at radius 3 is 2.67 bits per heavy atom. The second-order valence-corrected chi connectivity index (χ2v) is 8.05. The maximum absolute atomic E-state index is 12.4. The van der Waals surface area contributed by atoms with Crippen LogP contribution in [0.5, 0.6) is 0 Å². The number of thiophene rings is 1. The number of hydrogen-bond acceptors (Lipinski definition) is 7. The van der Waals surface area contributed by atoms with Crippen molar-refractivity contribution in [1.29, 1.82) is 0 Å². The number of carbonyl (C=O) groups excluding carboxylic acids is 5. The molecule has 2 fully saturated rings. The number of hydrogen-bond donors (Lipinski definition) is 2. The maximum Gasteiger partial charge on any atom is 0.344 e. The predicted octanol–water partition coefficient (Wildman–Crippen LogP) is 1.54. The summed E-state index contributed by atoms with van der Waals surface area (Å²) in [6, 6.07) is 2.86. The molecule has 0 saturated carbocycles. The zero-order chi connectivity index (χ0) is 19.8. The lowest BCUT2D eigenvalue weighted by Crippen LogP contribution is -2.51. The molecule has 2 aliphatic rings. The van der Waals surface area contributed by atoms with Crippen molar-refractivity contribution in [3.8, 4) is 0 Å². The average molecular weight is 408 g/mol. The molecule has 6 amide bonds. The molecule has 2 N–H and O–H groups in total. The molecule has 0 radical (unpaired) electrons. The number of amides is 6. The second kappa shape index (κ2) is 7.16. The van der Waals surface area contributed by atoms with Crippen molar-refractivity contribution in [2.75, 3.05) is 6.54 Å². The van der Waals surface area contributed by atoms with Crippen molar-refractivity contribution in [3.05, 3.63) is 27.3 Å². The Morgan fingerprint density at radius 1 is 1.33 bits per heavy atom. The minimum absolute atomic E-state index is 0.212. The molecule has 0 aromatic carbocycles. The van der Waals surface area contributed by atoms with E-state index in [-0.39, 0.29) is 4.91 Å². The van der Waals surface area contributed by atoms with Crippen molar-refractivity contribution < 1.29 is 24.0 Å². The summed E-state index contributed by atoms with van der Waals surface area (Å²) in [5.74, 6) is -2.02. The van der Waals surface area contributed by atoms with E-state index in [1.54, 1.807) is 26.0 Å². The first-order valence-corrected chi connectivity index (χ1v) is 9.70. The number of urea groups is 1. The number of hydrazine groups is 1. The van der Waals surface area contributed by atoms with Gasteiger partial charge in [0, 0.05) is 4.88 Å². The standard InChI is InChI=1S/C16H16N4O5S2/c1-3-16(2)13(23)20(14(24)17-16)18-11(21)8-19-12(22)10(27-15(19)25)7-9-5-4-6-26-9/h4-7H,3,8H2,1-2H3,(H,17,24)(H,18,21). The first kappa shape index (κ1) is 19.1. The second-order valence-electron chi connectivity index (χ2n) is 6.07. The molecule has 0 aliphatic carbocycles. The van der Waals surface area contributed by atoms with Crippen molar-refractivity contribution in [2.24, 2.45) is 0 Å². The first-order valence-electron chi connectivity index (χ1n) is 8.00. The normalized spacial score (nSPS) is 24.1. The highest BCUT2D eigenvalue weighted by molar-refractivity contribution is 8.18. The lowest BCUT2D eigenvalue weighted by Gasteiger charge is -2.20. The molecule has 2 aliphatic heterocycles. The number of nitrogens with one attached hydrogen (secondary N) is 2. The molecule has 1 atom stereocenters. The van der Waals surface area contributed by atoms with E-state index < -0.39 is 41.1 Å². The molecule has 27 heavy (non-hydrogen) atoms. The Labute approximate surface area is 162 Å². The minimum atomic E-state index is -1.10. The van der Waals surface area contributed by atoms with Crippen LogP contribution in [0.4, 0.5) is 9.59 Å². The van der Waals surface area contributed by atoms with E-state index in [4.69, 9.17) is 0 Å². The summed E-state index contributed by atoms with van der Waals surface area (Å²) in [6.45, 7) is 2.68. The van der Waals surface area contributed by atoms with Gasteiger partial charge in [0.15, 0.2) is 0 Å². The van der Waals surface area contributed by atoms with E-state index in [1.165, 1.54) is 11.3 Å². The molecule has 142 valence electrons. The number of rotatable bonds is 5. The van der Waals surface area contributed by atoms with Crippen LogP contribution in [0.2, 0.25) is 0 Å². The summed E-state index contributed by atoms with van der Waals surface area (Å²) in [7, 11) is 0. The summed E-state index contributed by atoms with van der Waals surface area (Å²) in [5.41, 5.74) is 1.06. The predicted molar refractivity (Wildman–Crippen MR) is 99.2 cm³/mol. The van der Waals surface area contributed by atoms with Gasteiger partial charge in [-0.15, -0.1) is 11.3 Å². The molecule has 0 spiro atoms. The third-order valence-electron chi connectivity index (χ3n) is 4.20. The lowest BCUT2D eigenvalue weighted by molar-refractivity contribution is -0.139. The number of imide groups is 2. The van der Waals surface area contributed by atoms with Gasteiger partial charge in [-0.25, -0.2) is 4.79 Å².